The Labute approximate surface area is 235 Å². The van der Waals surface area contributed by atoms with E-state index >= 15 is 0 Å². The predicted molar refractivity (Wildman–Crippen MR) is 156 cm³/mol. The van der Waals surface area contributed by atoms with Gasteiger partial charge in [0.25, 0.3) is 0 Å². The normalized spacial score (nSPS) is 12.2. The second-order valence-corrected chi connectivity index (χ2v) is 11.2. The van der Waals surface area contributed by atoms with E-state index in [2.05, 4.69) is 15.0 Å². The Morgan fingerprint density at radius 3 is 2.33 bits per heavy atom. The third-order valence-electron chi connectivity index (χ3n) is 6.11. The Balaban J connectivity index is 1.38. The van der Waals surface area contributed by atoms with E-state index in [-0.39, 0.29) is 17.5 Å². The molecule has 2 heterocycles. The highest BCUT2D eigenvalue weighted by atomic mass is 32.2. The monoisotopic (exact) mass is 574 g/mol. The van der Waals surface area contributed by atoms with Gasteiger partial charge in [0.2, 0.25) is 5.91 Å². The zero-order valence-electron chi connectivity index (χ0n) is 21.4. The highest BCUT2D eigenvalue weighted by Crippen LogP contribution is 2.32. The molecule has 1 atom stereocenters. The molecule has 5 aromatic rings. The summed E-state index contributed by atoms with van der Waals surface area (Å²) in [6, 6.07) is 24.1. The number of amides is 1. The molecule has 40 heavy (non-hydrogen) atoms. The van der Waals surface area contributed by atoms with Gasteiger partial charge in [0.05, 0.1) is 17.6 Å². The Morgan fingerprint density at radius 1 is 0.950 bits per heavy atom. The van der Waals surface area contributed by atoms with Crippen LogP contribution in [-0.2, 0) is 27.9 Å². The molecule has 9 nitrogen and oxygen atoms in total. The van der Waals surface area contributed by atoms with E-state index in [1.165, 1.54) is 6.92 Å². The van der Waals surface area contributed by atoms with Crippen LogP contribution in [-0.4, -0.2) is 28.8 Å². The standard InChI is InChI=1S/C29H26N4O5S2/c1-19(34)31-24-13-9-21(10-14-24)27-17-30-28(38-27)16-23(15-20-7-11-25(12-8-20)33-40(35,36)37)26-18-39-29(32-26)22-5-3-2-4-6-22/h2-14,17-18,23,33H,15-16H2,1H3,(H,31,34)(H,35,36,37). The van der Waals surface area contributed by atoms with Crippen molar-refractivity contribution in [3.8, 4) is 21.9 Å². The van der Waals surface area contributed by atoms with Crippen LogP contribution in [0.2, 0.25) is 0 Å². The van der Waals surface area contributed by atoms with Gasteiger partial charge in [-0.25, -0.2) is 9.97 Å². The lowest BCUT2D eigenvalue weighted by Crippen LogP contribution is -2.11. The van der Waals surface area contributed by atoms with Crippen LogP contribution in [0.5, 0.6) is 0 Å². The summed E-state index contributed by atoms with van der Waals surface area (Å²) in [4.78, 5) is 20.7. The van der Waals surface area contributed by atoms with Crippen molar-refractivity contribution >= 4 is 38.9 Å². The minimum Gasteiger partial charge on any atom is -0.441 e. The molecule has 0 aliphatic rings. The van der Waals surface area contributed by atoms with Crippen molar-refractivity contribution in [2.24, 2.45) is 0 Å². The van der Waals surface area contributed by atoms with Gasteiger partial charge >= 0.3 is 10.3 Å². The van der Waals surface area contributed by atoms with Gasteiger partial charge in [-0.15, -0.1) is 11.3 Å². The lowest BCUT2D eigenvalue weighted by molar-refractivity contribution is -0.114. The number of hydrogen-bond donors (Lipinski definition) is 3. The maximum Gasteiger partial charge on any atom is 0.357 e. The number of carbonyl (C=O) groups is 1. The third-order valence-corrected chi connectivity index (χ3v) is 7.51. The molecule has 0 aliphatic carbocycles. The summed E-state index contributed by atoms with van der Waals surface area (Å²) < 4.78 is 39.5. The summed E-state index contributed by atoms with van der Waals surface area (Å²) in [5.74, 6) is 0.974. The number of nitrogens with one attached hydrogen (secondary N) is 2. The van der Waals surface area contributed by atoms with E-state index in [1.54, 1.807) is 29.7 Å². The first-order valence-electron chi connectivity index (χ1n) is 12.4. The molecule has 1 amide bonds. The van der Waals surface area contributed by atoms with E-state index in [4.69, 9.17) is 14.0 Å². The number of aromatic nitrogens is 2. The van der Waals surface area contributed by atoms with Crippen molar-refractivity contribution in [3.63, 3.8) is 0 Å². The molecule has 3 aromatic carbocycles. The molecule has 1 unspecified atom stereocenters. The van der Waals surface area contributed by atoms with E-state index < -0.39 is 10.3 Å². The topological polar surface area (TPSA) is 134 Å². The van der Waals surface area contributed by atoms with Crippen LogP contribution < -0.4 is 10.0 Å². The Kier molecular flexibility index (Phi) is 8.06. The minimum absolute atomic E-state index is 0.0669. The number of carbonyl (C=O) groups excluding carboxylic acids is 1. The van der Waals surface area contributed by atoms with Gasteiger partial charge in [0.15, 0.2) is 11.7 Å². The van der Waals surface area contributed by atoms with Crippen LogP contribution in [0.25, 0.3) is 21.9 Å². The average molecular weight is 575 g/mol. The Bertz CT molecular complexity index is 1700. The summed E-state index contributed by atoms with van der Waals surface area (Å²) in [7, 11) is -4.35. The fourth-order valence-corrected chi connectivity index (χ4v) is 5.62. The van der Waals surface area contributed by atoms with Gasteiger partial charge in [-0.2, -0.15) is 8.42 Å². The fraction of sp³-hybridized carbons (Fsp3) is 0.138. The first-order chi connectivity index (χ1) is 19.2. The van der Waals surface area contributed by atoms with E-state index in [9.17, 15) is 13.2 Å². The van der Waals surface area contributed by atoms with Crippen molar-refractivity contribution in [2.75, 3.05) is 10.0 Å². The lowest BCUT2D eigenvalue weighted by Gasteiger charge is -2.14. The average Bonchev–Trinajstić information content (AvgIpc) is 3.60. The van der Waals surface area contributed by atoms with Crippen LogP contribution in [0.4, 0.5) is 11.4 Å². The zero-order chi connectivity index (χ0) is 28.1. The number of thiazole rings is 1. The molecule has 0 spiro atoms. The van der Waals surface area contributed by atoms with Gasteiger partial charge in [-0.3, -0.25) is 14.1 Å². The number of anilines is 2. The lowest BCUT2D eigenvalue weighted by atomic mass is 9.93. The number of benzene rings is 3. The first kappa shape index (κ1) is 27.3. The molecule has 0 fully saturated rings. The van der Waals surface area contributed by atoms with Crippen LogP contribution in [0.1, 0.15) is 30.0 Å². The van der Waals surface area contributed by atoms with Gasteiger partial charge in [0, 0.05) is 41.5 Å². The molecule has 204 valence electrons. The van der Waals surface area contributed by atoms with Gasteiger partial charge < -0.3 is 9.73 Å². The molecule has 5 rings (SSSR count). The molecular weight excluding hydrogens is 548 g/mol. The number of hydrogen-bond acceptors (Lipinski definition) is 7. The van der Waals surface area contributed by atoms with Crippen LogP contribution in [0.3, 0.4) is 0 Å². The summed E-state index contributed by atoms with van der Waals surface area (Å²) >= 11 is 1.57. The third kappa shape index (κ3) is 7.20. The molecule has 0 saturated heterocycles. The molecule has 0 saturated carbocycles. The highest BCUT2D eigenvalue weighted by molar-refractivity contribution is 7.87. The zero-order valence-corrected chi connectivity index (χ0v) is 23.1. The second-order valence-electron chi connectivity index (χ2n) is 9.20. The number of oxazole rings is 1. The largest absolute Gasteiger partial charge is 0.441 e. The van der Waals surface area contributed by atoms with Crippen molar-refractivity contribution < 1.29 is 22.2 Å². The minimum atomic E-state index is -4.35. The quantitative estimate of drug-likeness (QED) is 0.169. The van der Waals surface area contributed by atoms with Crippen molar-refractivity contribution in [1.82, 2.24) is 9.97 Å². The highest BCUT2D eigenvalue weighted by Gasteiger charge is 2.21. The molecule has 0 bridgehead atoms. The Morgan fingerprint density at radius 2 is 1.65 bits per heavy atom. The van der Waals surface area contributed by atoms with E-state index in [0.29, 0.717) is 30.2 Å². The molecule has 11 heteroatoms. The molecule has 0 radical (unpaired) electrons. The summed E-state index contributed by atoms with van der Waals surface area (Å²) in [6.07, 6.45) is 2.78. The van der Waals surface area contributed by atoms with Gasteiger partial charge in [-0.1, -0.05) is 42.5 Å². The first-order valence-corrected chi connectivity index (χ1v) is 14.7. The van der Waals surface area contributed by atoms with Crippen molar-refractivity contribution in [3.05, 3.63) is 108 Å². The van der Waals surface area contributed by atoms with Gasteiger partial charge in [-0.05, 0) is 48.4 Å². The summed E-state index contributed by atoms with van der Waals surface area (Å²) in [5, 5.41) is 5.71. The number of nitrogens with zero attached hydrogens (tertiary/aromatic N) is 2. The summed E-state index contributed by atoms with van der Waals surface area (Å²) in [6.45, 7) is 1.46. The maximum absolute atomic E-state index is 11.3. The van der Waals surface area contributed by atoms with Crippen molar-refractivity contribution in [1.29, 1.82) is 0 Å². The molecule has 2 aromatic heterocycles. The van der Waals surface area contributed by atoms with E-state index in [1.807, 2.05) is 72.1 Å². The summed E-state index contributed by atoms with van der Waals surface area (Å²) in [5.41, 5.74) is 4.71. The van der Waals surface area contributed by atoms with E-state index in [0.717, 1.165) is 27.4 Å². The number of rotatable bonds is 10. The van der Waals surface area contributed by atoms with Crippen LogP contribution in [0.15, 0.2) is 94.9 Å². The maximum atomic E-state index is 11.3. The second kappa shape index (κ2) is 11.8. The molecule has 0 aliphatic heterocycles. The smallest absolute Gasteiger partial charge is 0.357 e. The SMILES string of the molecule is CC(=O)Nc1ccc(-c2cnc(CC(Cc3ccc(NS(=O)(=O)O)cc3)c3csc(-c4ccccc4)n3)o2)cc1. The fourth-order valence-electron chi connectivity index (χ4n) is 4.28. The predicted octanol–water partition coefficient (Wildman–Crippen LogP) is 6.21. The van der Waals surface area contributed by atoms with Crippen LogP contribution in [0, 0.1) is 0 Å². The Hall–Kier alpha value is -4.32. The molecule has 3 N–H and O–H groups in total. The molecular formula is C29H26N4O5S2. The van der Waals surface area contributed by atoms with Crippen LogP contribution >= 0.6 is 11.3 Å². The van der Waals surface area contributed by atoms with Crippen molar-refractivity contribution in [2.45, 2.75) is 25.7 Å². The van der Waals surface area contributed by atoms with Gasteiger partial charge in [0.1, 0.15) is 5.01 Å².